The second-order valence-electron chi connectivity index (χ2n) is 3.43. The molecule has 0 spiro atoms. The van der Waals surface area contributed by atoms with Crippen LogP contribution in [0.3, 0.4) is 0 Å². The van der Waals surface area contributed by atoms with Gasteiger partial charge in [-0.25, -0.2) is 0 Å². The third-order valence-corrected chi connectivity index (χ3v) is 2.41. The minimum Gasteiger partial charge on any atom is -0.343 e. The van der Waals surface area contributed by atoms with Crippen molar-refractivity contribution >= 4 is 0 Å². The molecule has 0 aromatic heterocycles. The van der Waals surface area contributed by atoms with Crippen LogP contribution >= 0.6 is 0 Å². The van der Waals surface area contributed by atoms with E-state index < -0.39 is 0 Å². The summed E-state index contributed by atoms with van der Waals surface area (Å²) in [6.07, 6.45) is 0.196. The minimum atomic E-state index is -0.175. The zero-order chi connectivity index (χ0) is 9.26. The Hall–Kier alpha value is -0.860. The van der Waals surface area contributed by atoms with Crippen molar-refractivity contribution in [1.82, 2.24) is 0 Å². The van der Waals surface area contributed by atoms with Crippen LogP contribution in [0, 0.1) is 0 Å². The maximum Gasteiger partial charge on any atom is 0.184 e. The van der Waals surface area contributed by atoms with Crippen molar-refractivity contribution in [3.05, 3.63) is 35.9 Å². The summed E-state index contributed by atoms with van der Waals surface area (Å²) in [5, 5.41) is 0. The molecule has 1 heterocycles. The lowest BCUT2D eigenvalue weighted by Crippen LogP contribution is -2.13. The van der Waals surface area contributed by atoms with Gasteiger partial charge in [0.05, 0.1) is 12.2 Å². The first kappa shape index (κ1) is 8.73. The molecule has 1 aromatic rings. The van der Waals surface area contributed by atoms with Gasteiger partial charge in [0.1, 0.15) is 0 Å². The van der Waals surface area contributed by atoms with Crippen molar-refractivity contribution < 1.29 is 9.47 Å². The third kappa shape index (κ3) is 1.74. The first-order valence-corrected chi connectivity index (χ1v) is 4.63. The number of ether oxygens (including phenoxy) is 2. The van der Waals surface area contributed by atoms with Gasteiger partial charge in [0.15, 0.2) is 6.29 Å². The van der Waals surface area contributed by atoms with E-state index in [1.807, 2.05) is 44.2 Å². The lowest BCUT2D eigenvalue weighted by atomic mass is 10.2. The van der Waals surface area contributed by atoms with Crippen LogP contribution in [0.5, 0.6) is 0 Å². The van der Waals surface area contributed by atoms with E-state index in [9.17, 15) is 0 Å². The molecule has 1 aliphatic heterocycles. The van der Waals surface area contributed by atoms with Crippen molar-refractivity contribution in [2.75, 3.05) is 0 Å². The van der Waals surface area contributed by atoms with E-state index in [1.54, 1.807) is 0 Å². The molecule has 0 radical (unpaired) electrons. The monoisotopic (exact) mass is 178 g/mol. The Balaban J connectivity index is 2.12. The minimum absolute atomic E-state index is 0.175. The highest BCUT2D eigenvalue weighted by Crippen LogP contribution is 2.30. The van der Waals surface area contributed by atoms with Crippen molar-refractivity contribution in [2.45, 2.75) is 32.3 Å². The predicted molar refractivity (Wildman–Crippen MR) is 50.3 cm³/mol. The fourth-order valence-electron chi connectivity index (χ4n) is 1.41. The molecule has 0 saturated carbocycles. The first-order valence-electron chi connectivity index (χ1n) is 4.63. The molecular weight excluding hydrogens is 164 g/mol. The normalized spacial score (nSPS) is 29.4. The summed E-state index contributed by atoms with van der Waals surface area (Å²) in [5.41, 5.74) is 1.10. The van der Waals surface area contributed by atoms with Crippen molar-refractivity contribution in [3.63, 3.8) is 0 Å². The third-order valence-electron chi connectivity index (χ3n) is 2.41. The van der Waals surface area contributed by atoms with E-state index >= 15 is 0 Å². The summed E-state index contributed by atoms with van der Waals surface area (Å²) in [4.78, 5) is 0. The van der Waals surface area contributed by atoms with Gasteiger partial charge in [-0.15, -0.1) is 0 Å². The van der Waals surface area contributed by atoms with Gasteiger partial charge in [-0.1, -0.05) is 30.3 Å². The maximum atomic E-state index is 5.64. The van der Waals surface area contributed by atoms with Gasteiger partial charge < -0.3 is 9.47 Å². The number of hydrogen-bond donors (Lipinski definition) is 0. The molecule has 1 aromatic carbocycles. The SMILES string of the molecule is C[C@@H]1OC(c2ccccc2)O[C@H]1C. The van der Waals surface area contributed by atoms with Crippen molar-refractivity contribution in [3.8, 4) is 0 Å². The van der Waals surface area contributed by atoms with Crippen LogP contribution in [-0.2, 0) is 9.47 Å². The lowest BCUT2D eigenvalue weighted by molar-refractivity contribution is -0.0652. The number of rotatable bonds is 1. The summed E-state index contributed by atoms with van der Waals surface area (Å²) >= 11 is 0. The summed E-state index contributed by atoms with van der Waals surface area (Å²) < 4.78 is 11.3. The first-order chi connectivity index (χ1) is 6.27. The van der Waals surface area contributed by atoms with Gasteiger partial charge >= 0.3 is 0 Å². The second-order valence-corrected chi connectivity index (χ2v) is 3.43. The topological polar surface area (TPSA) is 18.5 Å². The Morgan fingerprint density at radius 2 is 1.46 bits per heavy atom. The van der Waals surface area contributed by atoms with Crippen LogP contribution in [0.15, 0.2) is 30.3 Å². The molecule has 2 rings (SSSR count). The summed E-state index contributed by atoms with van der Waals surface area (Å²) in [6, 6.07) is 10.0. The van der Waals surface area contributed by atoms with Crippen LogP contribution in [0.25, 0.3) is 0 Å². The molecule has 0 amide bonds. The maximum absolute atomic E-state index is 5.64. The molecule has 2 atom stereocenters. The van der Waals surface area contributed by atoms with E-state index in [0.717, 1.165) is 5.56 Å². The van der Waals surface area contributed by atoms with Crippen LogP contribution in [0.1, 0.15) is 25.7 Å². The highest BCUT2D eigenvalue weighted by molar-refractivity contribution is 5.16. The fourth-order valence-corrected chi connectivity index (χ4v) is 1.41. The Morgan fingerprint density at radius 1 is 0.923 bits per heavy atom. The predicted octanol–water partition coefficient (Wildman–Crippen LogP) is 2.51. The quantitative estimate of drug-likeness (QED) is 0.657. The van der Waals surface area contributed by atoms with E-state index in [4.69, 9.17) is 9.47 Å². The molecule has 0 bridgehead atoms. The van der Waals surface area contributed by atoms with E-state index in [2.05, 4.69) is 0 Å². The Morgan fingerprint density at radius 3 is 2.00 bits per heavy atom. The number of hydrogen-bond acceptors (Lipinski definition) is 2. The average molecular weight is 178 g/mol. The van der Waals surface area contributed by atoms with E-state index in [-0.39, 0.29) is 18.5 Å². The molecule has 2 nitrogen and oxygen atoms in total. The van der Waals surface area contributed by atoms with Gasteiger partial charge in [-0.05, 0) is 13.8 Å². The Kier molecular flexibility index (Phi) is 2.34. The van der Waals surface area contributed by atoms with Gasteiger partial charge in [0.25, 0.3) is 0 Å². The number of benzene rings is 1. The molecular formula is C11H14O2. The summed E-state index contributed by atoms with van der Waals surface area (Å²) in [6.45, 7) is 4.07. The van der Waals surface area contributed by atoms with Crippen molar-refractivity contribution in [2.24, 2.45) is 0 Å². The average Bonchev–Trinajstić information content (AvgIpc) is 2.49. The fraction of sp³-hybridized carbons (Fsp3) is 0.455. The van der Waals surface area contributed by atoms with Gasteiger partial charge in [-0.3, -0.25) is 0 Å². The van der Waals surface area contributed by atoms with Gasteiger partial charge in [-0.2, -0.15) is 0 Å². The highest BCUT2D eigenvalue weighted by atomic mass is 16.7. The lowest BCUT2D eigenvalue weighted by Gasteiger charge is -2.09. The molecule has 70 valence electrons. The second kappa shape index (κ2) is 3.48. The molecule has 1 fully saturated rings. The van der Waals surface area contributed by atoms with Crippen LogP contribution in [0.4, 0.5) is 0 Å². The molecule has 1 saturated heterocycles. The zero-order valence-corrected chi connectivity index (χ0v) is 7.94. The molecule has 0 unspecified atom stereocenters. The Bertz CT molecular complexity index is 261. The van der Waals surface area contributed by atoms with E-state index in [0.29, 0.717) is 0 Å². The molecule has 0 aliphatic carbocycles. The molecule has 13 heavy (non-hydrogen) atoms. The molecule has 1 aliphatic rings. The van der Waals surface area contributed by atoms with Crippen LogP contribution in [-0.4, -0.2) is 12.2 Å². The van der Waals surface area contributed by atoms with Crippen molar-refractivity contribution in [1.29, 1.82) is 0 Å². The van der Waals surface area contributed by atoms with Crippen LogP contribution in [0.2, 0.25) is 0 Å². The highest BCUT2D eigenvalue weighted by Gasteiger charge is 2.30. The Labute approximate surface area is 78.5 Å². The smallest absolute Gasteiger partial charge is 0.184 e. The largest absolute Gasteiger partial charge is 0.343 e. The standard InChI is InChI=1S/C11H14O2/c1-8-9(2)13-11(12-8)10-6-4-3-5-7-10/h3-9,11H,1-2H3/t8-,9-/m0/s1. The molecule has 0 N–H and O–H groups in total. The van der Waals surface area contributed by atoms with Gasteiger partial charge in [0.2, 0.25) is 0 Å². The molecule has 2 heteroatoms. The van der Waals surface area contributed by atoms with Gasteiger partial charge in [0, 0.05) is 5.56 Å². The summed E-state index contributed by atoms with van der Waals surface area (Å²) in [7, 11) is 0. The van der Waals surface area contributed by atoms with Crippen LogP contribution < -0.4 is 0 Å². The summed E-state index contributed by atoms with van der Waals surface area (Å²) in [5.74, 6) is 0. The van der Waals surface area contributed by atoms with E-state index in [1.165, 1.54) is 0 Å². The zero-order valence-electron chi connectivity index (χ0n) is 7.94.